The van der Waals surface area contributed by atoms with Gasteiger partial charge in [0, 0.05) is 18.2 Å². The van der Waals surface area contributed by atoms with E-state index >= 15 is 0 Å². The second-order valence-corrected chi connectivity index (χ2v) is 8.13. The Labute approximate surface area is 147 Å². The highest BCUT2D eigenvalue weighted by Gasteiger charge is 2.27. The zero-order valence-corrected chi connectivity index (χ0v) is 14.6. The van der Waals surface area contributed by atoms with Gasteiger partial charge >= 0.3 is 5.97 Å². The lowest BCUT2D eigenvalue weighted by Gasteiger charge is -2.22. The Kier molecular flexibility index (Phi) is 4.23. The molecule has 2 aromatic rings. The summed E-state index contributed by atoms with van der Waals surface area (Å²) < 4.78 is 25.2. The van der Waals surface area contributed by atoms with Gasteiger partial charge in [-0.25, -0.2) is 8.42 Å². The SMILES string of the molecule is CS(=O)(=O)c1cc2c3c(c1)c(O)c(C(=O)NCC(=O)O)c(=O)n3CCC2. The van der Waals surface area contributed by atoms with Crippen LogP contribution in [0, 0.1) is 0 Å². The number of aromatic hydroxyl groups is 1. The number of amides is 1. The van der Waals surface area contributed by atoms with Crippen LogP contribution in [0.1, 0.15) is 22.3 Å². The van der Waals surface area contributed by atoms with E-state index < -0.39 is 45.1 Å². The van der Waals surface area contributed by atoms with Crippen molar-refractivity contribution in [3.05, 3.63) is 33.6 Å². The molecule has 10 heteroatoms. The van der Waals surface area contributed by atoms with Crippen LogP contribution in [0.3, 0.4) is 0 Å². The van der Waals surface area contributed by atoms with Gasteiger partial charge in [0.15, 0.2) is 9.84 Å². The number of pyridine rings is 1. The van der Waals surface area contributed by atoms with Crippen LogP contribution >= 0.6 is 0 Å². The van der Waals surface area contributed by atoms with Gasteiger partial charge < -0.3 is 20.1 Å². The molecule has 0 fully saturated rings. The Morgan fingerprint density at radius 3 is 2.62 bits per heavy atom. The molecule has 9 nitrogen and oxygen atoms in total. The summed E-state index contributed by atoms with van der Waals surface area (Å²) in [6, 6.07) is 2.69. The summed E-state index contributed by atoms with van der Waals surface area (Å²) in [6.07, 6.45) is 2.12. The maximum atomic E-state index is 12.7. The summed E-state index contributed by atoms with van der Waals surface area (Å²) in [5.41, 5.74) is -0.358. The minimum atomic E-state index is -3.57. The standard InChI is InChI=1S/C16H16N2O7S/c1-26(24,25)9-5-8-3-2-4-18-13(8)10(6-9)14(21)12(16(18)23)15(22)17-7-11(19)20/h5-6,21H,2-4,7H2,1H3,(H,17,22)(H,19,20). The van der Waals surface area contributed by atoms with Crippen LogP contribution in [0.4, 0.5) is 0 Å². The first kappa shape index (κ1) is 17.9. The van der Waals surface area contributed by atoms with E-state index in [2.05, 4.69) is 0 Å². The number of aryl methyl sites for hydroxylation is 2. The molecule has 0 unspecified atom stereocenters. The first-order valence-electron chi connectivity index (χ1n) is 7.73. The monoisotopic (exact) mass is 380 g/mol. The van der Waals surface area contributed by atoms with Gasteiger partial charge in [0.05, 0.1) is 10.4 Å². The van der Waals surface area contributed by atoms with E-state index in [1.165, 1.54) is 16.7 Å². The van der Waals surface area contributed by atoms with Gasteiger partial charge in [-0.15, -0.1) is 0 Å². The number of carboxylic acid groups (broad SMARTS) is 1. The number of hydrogen-bond donors (Lipinski definition) is 3. The third-order valence-corrected chi connectivity index (χ3v) is 5.36. The number of benzene rings is 1. The van der Waals surface area contributed by atoms with Crippen LogP contribution in [0.2, 0.25) is 0 Å². The van der Waals surface area contributed by atoms with Crippen molar-refractivity contribution in [1.29, 1.82) is 0 Å². The molecule has 1 aromatic heterocycles. The lowest BCUT2D eigenvalue weighted by Crippen LogP contribution is -2.36. The zero-order chi connectivity index (χ0) is 19.2. The normalized spacial score (nSPS) is 13.6. The van der Waals surface area contributed by atoms with Crippen LogP contribution in [0.5, 0.6) is 5.75 Å². The van der Waals surface area contributed by atoms with Gasteiger partial charge in [0.1, 0.15) is 17.9 Å². The van der Waals surface area contributed by atoms with Crippen molar-refractivity contribution < 1.29 is 28.2 Å². The molecular formula is C16H16N2O7S. The Hall–Kier alpha value is -2.88. The Morgan fingerprint density at radius 1 is 1.31 bits per heavy atom. The molecule has 0 spiro atoms. The predicted molar refractivity (Wildman–Crippen MR) is 91.3 cm³/mol. The van der Waals surface area contributed by atoms with E-state index in [4.69, 9.17) is 5.11 Å². The number of rotatable bonds is 4. The summed E-state index contributed by atoms with van der Waals surface area (Å²) in [7, 11) is -3.57. The lowest BCUT2D eigenvalue weighted by molar-refractivity contribution is -0.135. The summed E-state index contributed by atoms with van der Waals surface area (Å²) in [5, 5.41) is 21.3. The largest absolute Gasteiger partial charge is 0.506 e. The average Bonchev–Trinajstić information content (AvgIpc) is 2.56. The van der Waals surface area contributed by atoms with Crippen molar-refractivity contribution in [1.82, 2.24) is 9.88 Å². The Bertz CT molecular complexity index is 1120. The molecule has 26 heavy (non-hydrogen) atoms. The zero-order valence-electron chi connectivity index (χ0n) is 13.8. The van der Waals surface area contributed by atoms with Gasteiger partial charge in [-0.2, -0.15) is 0 Å². The molecule has 1 amide bonds. The molecule has 1 aliphatic heterocycles. The average molecular weight is 380 g/mol. The van der Waals surface area contributed by atoms with E-state index in [1.807, 2.05) is 5.32 Å². The van der Waals surface area contributed by atoms with E-state index in [0.717, 1.165) is 6.26 Å². The third kappa shape index (κ3) is 2.92. The van der Waals surface area contributed by atoms with Gasteiger partial charge in [-0.3, -0.25) is 14.4 Å². The fourth-order valence-electron chi connectivity index (χ4n) is 3.13. The van der Waals surface area contributed by atoms with Gasteiger partial charge in [0.25, 0.3) is 11.5 Å². The smallest absolute Gasteiger partial charge is 0.322 e. The first-order chi connectivity index (χ1) is 12.1. The van der Waals surface area contributed by atoms with E-state index in [-0.39, 0.29) is 10.3 Å². The number of hydrogen-bond acceptors (Lipinski definition) is 6. The number of sulfone groups is 1. The number of aliphatic carboxylic acids is 1. The second-order valence-electron chi connectivity index (χ2n) is 6.11. The molecule has 0 radical (unpaired) electrons. The van der Waals surface area contributed by atoms with E-state index in [9.17, 15) is 27.9 Å². The summed E-state index contributed by atoms with van der Waals surface area (Å²) in [5.74, 6) is -2.99. The number of carbonyl (C=O) groups is 2. The van der Waals surface area contributed by atoms with E-state index in [1.54, 1.807) is 0 Å². The molecule has 3 rings (SSSR count). The fraction of sp³-hybridized carbons (Fsp3) is 0.312. The molecule has 1 aliphatic rings. The van der Waals surface area contributed by atoms with Crippen molar-refractivity contribution in [3.8, 4) is 5.75 Å². The Morgan fingerprint density at radius 2 is 2.00 bits per heavy atom. The van der Waals surface area contributed by atoms with Crippen LogP contribution in [-0.4, -0.2) is 47.9 Å². The van der Waals surface area contributed by atoms with Crippen molar-refractivity contribution in [2.75, 3.05) is 12.8 Å². The quantitative estimate of drug-likeness (QED) is 0.670. The highest BCUT2D eigenvalue weighted by Crippen LogP contribution is 2.34. The molecule has 0 saturated carbocycles. The first-order valence-corrected chi connectivity index (χ1v) is 9.63. The molecule has 1 aromatic carbocycles. The third-order valence-electron chi connectivity index (χ3n) is 4.27. The minimum absolute atomic E-state index is 0.0284. The van der Waals surface area contributed by atoms with Crippen molar-refractivity contribution >= 4 is 32.6 Å². The highest BCUT2D eigenvalue weighted by atomic mass is 32.2. The molecular weight excluding hydrogens is 364 g/mol. The van der Waals surface area contributed by atoms with Crippen LogP contribution in [-0.2, 0) is 27.6 Å². The molecule has 138 valence electrons. The van der Waals surface area contributed by atoms with Gasteiger partial charge in [-0.1, -0.05) is 0 Å². The van der Waals surface area contributed by atoms with Crippen LogP contribution < -0.4 is 10.9 Å². The van der Waals surface area contributed by atoms with Crippen LogP contribution in [0.15, 0.2) is 21.8 Å². The number of nitrogens with one attached hydrogen (secondary N) is 1. The number of carbonyl (C=O) groups excluding carboxylic acids is 1. The maximum absolute atomic E-state index is 12.7. The number of nitrogens with zero attached hydrogens (tertiary/aromatic N) is 1. The second kappa shape index (κ2) is 6.13. The summed E-state index contributed by atoms with van der Waals surface area (Å²) in [6.45, 7) is -0.412. The van der Waals surface area contributed by atoms with Gasteiger partial charge in [0.2, 0.25) is 0 Å². The highest BCUT2D eigenvalue weighted by molar-refractivity contribution is 7.90. The maximum Gasteiger partial charge on any atom is 0.322 e. The lowest BCUT2D eigenvalue weighted by atomic mass is 9.99. The number of aromatic nitrogens is 1. The van der Waals surface area contributed by atoms with Crippen molar-refractivity contribution in [2.45, 2.75) is 24.3 Å². The van der Waals surface area contributed by atoms with Crippen molar-refractivity contribution in [3.63, 3.8) is 0 Å². The fourth-order valence-corrected chi connectivity index (χ4v) is 3.82. The molecule has 0 saturated heterocycles. The predicted octanol–water partition coefficient (Wildman–Crippen LogP) is -0.129. The Balaban J connectivity index is 2.34. The molecule has 2 heterocycles. The summed E-state index contributed by atoms with van der Waals surface area (Å²) in [4.78, 5) is 35.5. The molecule has 3 N–H and O–H groups in total. The van der Waals surface area contributed by atoms with E-state index in [0.29, 0.717) is 30.5 Å². The minimum Gasteiger partial charge on any atom is -0.506 e. The summed E-state index contributed by atoms with van der Waals surface area (Å²) >= 11 is 0. The van der Waals surface area contributed by atoms with Crippen molar-refractivity contribution in [2.24, 2.45) is 0 Å². The molecule has 0 bridgehead atoms. The molecule has 0 aliphatic carbocycles. The van der Waals surface area contributed by atoms with Crippen LogP contribution in [0.25, 0.3) is 10.9 Å². The number of carboxylic acids is 1. The van der Waals surface area contributed by atoms with Gasteiger partial charge in [-0.05, 0) is 30.5 Å². The topological polar surface area (TPSA) is 143 Å². The molecule has 0 atom stereocenters.